The average molecular weight is 524 g/mol. The van der Waals surface area contributed by atoms with Crippen molar-refractivity contribution in [3.63, 3.8) is 0 Å². The van der Waals surface area contributed by atoms with Crippen molar-refractivity contribution in [2.75, 3.05) is 0 Å². The van der Waals surface area contributed by atoms with E-state index < -0.39 is 17.9 Å². The Morgan fingerprint density at radius 1 is 0.971 bits per heavy atom. The number of rotatable bonds is 8. The van der Waals surface area contributed by atoms with E-state index in [9.17, 15) is 14.7 Å². The molecule has 4 aromatic rings. The first-order chi connectivity index (χ1) is 16.8. The third kappa shape index (κ3) is 5.93. The van der Waals surface area contributed by atoms with Crippen LogP contribution in [0.1, 0.15) is 26.4 Å². The summed E-state index contributed by atoms with van der Waals surface area (Å²) in [4.78, 5) is 28.6. The summed E-state index contributed by atoms with van der Waals surface area (Å²) in [5, 5.41) is 12.8. The topological polar surface area (TPSA) is 57.6 Å². The van der Waals surface area contributed by atoms with Crippen molar-refractivity contribution >= 4 is 46.4 Å². The Bertz CT molecular complexity index is 1350. The molecule has 178 valence electrons. The van der Waals surface area contributed by atoms with Crippen LogP contribution in [0.25, 0.3) is 11.1 Å². The third-order valence-electron chi connectivity index (χ3n) is 5.74. The summed E-state index contributed by atoms with van der Waals surface area (Å²) in [6.07, 6.45) is 0.165. The molecule has 0 radical (unpaired) electrons. The average Bonchev–Trinajstić information content (AvgIpc) is 3.30. The monoisotopic (exact) mass is 523 g/mol. The van der Waals surface area contributed by atoms with Crippen LogP contribution in [0.2, 0.25) is 10.0 Å². The van der Waals surface area contributed by atoms with Crippen LogP contribution in [0.5, 0.6) is 0 Å². The molecule has 35 heavy (non-hydrogen) atoms. The van der Waals surface area contributed by atoms with Gasteiger partial charge in [-0.1, -0.05) is 83.4 Å². The predicted molar refractivity (Wildman–Crippen MR) is 142 cm³/mol. The Morgan fingerprint density at radius 2 is 1.74 bits per heavy atom. The van der Waals surface area contributed by atoms with Gasteiger partial charge in [-0.3, -0.25) is 4.79 Å². The van der Waals surface area contributed by atoms with Gasteiger partial charge in [0.2, 0.25) is 0 Å². The molecule has 0 bridgehead atoms. The van der Waals surface area contributed by atoms with Gasteiger partial charge in [0, 0.05) is 16.3 Å². The van der Waals surface area contributed by atoms with Gasteiger partial charge in [0.05, 0.1) is 17.1 Å². The number of hydrogen-bond acceptors (Lipinski definition) is 3. The molecule has 0 spiro atoms. The summed E-state index contributed by atoms with van der Waals surface area (Å²) in [5.41, 5.74) is 4.15. The van der Waals surface area contributed by atoms with Crippen molar-refractivity contribution in [2.24, 2.45) is 0 Å². The van der Waals surface area contributed by atoms with E-state index in [2.05, 4.69) is 6.07 Å². The Kier molecular flexibility index (Phi) is 7.91. The number of halogens is 2. The molecule has 0 saturated heterocycles. The van der Waals surface area contributed by atoms with Crippen LogP contribution >= 0.6 is 34.5 Å². The molecular formula is C28H23Cl2NO3S. The zero-order chi connectivity index (χ0) is 24.9. The number of carbonyl (C=O) groups excluding carboxylic acids is 1. The van der Waals surface area contributed by atoms with E-state index in [0.29, 0.717) is 5.02 Å². The number of aryl methyl sites for hydroxylation is 1. The standard InChI is InChI=1S/C28H23Cl2NO3S/c1-18-6-5-9-20(14-18)22-12-13-35-26(22)17-31(27(32)23-11-10-21(29)16-24(23)30)25(28(33)34)15-19-7-3-2-4-8-19/h2-14,16,25H,15,17H2,1H3,(H,33,34). The molecule has 1 heterocycles. The van der Waals surface area contributed by atoms with E-state index in [1.807, 2.05) is 66.9 Å². The summed E-state index contributed by atoms with van der Waals surface area (Å²) in [7, 11) is 0. The first-order valence-corrected chi connectivity index (χ1v) is 12.6. The van der Waals surface area contributed by atoms with Crippen molar-refractivity contribution in [1.29, 1.82) is 0 Å². The van der Waals surface area contributed by atoms with Crippen LogP contribution in [0.15, 0.2) is 84.2 Å². The van der Waals surface area contributed by atoms with E-state index in [1.165, 1.54) is 28.4 Å². The molecule has 1 atom stereocenters. The molecule has 1 amide bonds. The summed E-state index contributed by atoms with van der Waals surface area (Å²) in [6, 6.07) is 22.9. The largest absolute Gasteiger partial charge is 0.480 e. The predicted octanol–water partition coefficient (Wildman–Crippen LogP) is 7.37. The molecule has 4 rings (SSSR count). The quantitative estimate of drug-likeness (QED) is 0.262. The van der Waals surface area contributed by atoms with Crippen molar-refractivity contribution < 1.29 is 14.7 Å². The van der Waals surface area contributed by atoms with Crippen molar-refractivity contribution in [1.82, 2.24) is 4.90 Å². The van der Waals surface area contributed by atoms with Crippen molar-refractivity contribution in [2.45, 2.75) is 25.9 Å². The van der Waals surface area contributed by atoms with Crippen LogP contribution in [-0.2, 0) is 17.8 Å². The van der Waals surface area contributed by atoms with Gasteiger partial charge in [-0.15, -0.1) is 11.3 Å². The minimum absolute atomic E-state index is 0.128. The molecule has 1 unspecified atom stereocenters. The highest BCUT2D eigenvalue weighted by molar-refractivity contribution is 7.10. The fourth-order valence-corrected chi connectivity index (χ4v) is 5.38. The van der Waals surface area contributed by atoms with Gasteiger partial charge in [-0.25, -0.2) is 4.79 Å². The zero-order valence-corrected chi connectivity index (χ0v) is 21.3. The fourth-order valence-electron chi connectivity index (χ4n) is 4.00. The molecule has 0 fully saturated rings. The fraction of sp³-hybridized carbons (Fsp3) is 0.143. The van der Waals surface area contributed by atoms with Crippen LogP contribution in [-0.4, -0.2) is 27.9 Å². The summed E-state index contributed by atoms with van der Waals surface area (Å²) in [5.74, 6) is -1.54. The van der Waals surface area contributed by atoms with Gasteiger partial charge in [-0.05, 0) is 53.3 Å². The van der Waals surface area contributed by atoms with Gasteiger partial charge < -0.3 is 10.0 Å². The smallest absolute Gasteiger partial charge is 0.326 e. The van der Waals surface area contributed by atoms with E-state index >= 15 is 0 Å². The lowest BCUT2D eigenvalue weighted by molar-refractivity contribution is -0.142. The lowest BCUT2D eigenvalue weighted by atomic mass is 10.0. The van der Waals surface area contributed by atoms with Crippen molar-refractivity contribution in [3.8, 4) is 11.1 Å². The Morgan fingerprint density at radius 3 is 2.43 bits per heavy atom. The Balaban J connectivity index is 1.76. The SMILES string of the molecule is Cc1cccc(-c2ccsc2CN(C(=O)c2ccc(Cl)cc2Cl)C(Cc2ccccc2)C(=O)O)c1. The molecule has 0 aliphatic carbocycles. The maximum atomic E-state index is 13.8. The van der Waals surface area contributed by atoms with Crippen LogP contribution < -0.4 is 0 Å². The second-order valence-electron chi connectivity index (χ2n) is 8.23. The van der Waals surface area contributed by atoms with Crippen LogP contribution in [0.4, 0.5) is 0 Å². The highest BCUT2D eigenvalue weighted by Crippen LogP contribution is 2.32. The number of thiophene rings is 1. The zero-order valence-electron chi connectivity index (χ0n) is 18.9. The first kappa shape index (κ1) is 25.0. The Hall–Kier alpha value is -3.12. The normalized spacial score (nSPS) is 11.7. The number of carboxylic acids is 1. The maximum absolute atomic E-state index is 13.8. The minimum atomic E-state index is -1.09. The van der Waals surface area contributed by atoms with Gasteiger partial charge >= 0.3 is 5.97 Å². The molecule has 1 aromatic heterocycles. The number of carboxylic acid groups (broad SMARTS) is 1. The van der Waals surface area contributed by atoms with Gasteiger partial charge in [0.1, 0.15) is 6.04 Å². The number of nitrogens with zero attached hydrogens (tertiary/aromatic N) is 1. The van der Waals surface area contributed by atoms with Gasteiger partial charge in [0.25, 0.3) is 5.91 Å². The van der Waals surface area contributed by atoms with Gasteiger partial charge in [-0.2, -0.15) is 0 Å². The van der Waals surface area contributed by atoms with E-state index in [1.54, 1.807) is 6.07 Å². The lowest BCUT2D eigenvalue weighted by Crippen LogP contribution is -2.46. The molecule has 0 saturated carbocycles. The second-order valence-corrected chi connectivity index (χ2v) is 10.1. The highest BCUT2D eigenvalue weighted by atomic mass is 35.5. The highest BCUT2D eigenvalue weighted by Gasteiger charge is 2.32. The van der Waals surface area contributed by atoms with Gasteiger partial charge in [0.15, 0.2) is 0 Å². The minimum Gasteiger partial charge on any atom is -0.480 e. The van der Waals surface area contributed by atoms with Crippen LogP contribution in [0, 0.1) is 6.92 Å². The van der Waals surface area contributed by atoms with E-state index in [4.69, 9.17) is 23.2 Å². The molecule has 4 nitrogen and oxygen atoms in total. The Labute approximate surface area is 218 Å². The molecular weight excluding hydrogens is 501 g/mol. The molecule has 3 aromatic carbocycles. The molecule has 7 heteroatoms. The van der Waals surface area contributed by atoms with E-state index in [0.717, 1.165) is 27.1 Å². The third-order valence-corrected chi connectivity index (χ3v) is 7.20. The number of hydrogen-bond donors (Lipinski definition) is 1. The molecule has 0 aliphatic heterocycles. The lowest BCUT2D eigenvalue weighted by Gasteiger charge is -2.30. The number of amides is 1. The van der Waals surface area contributed by atoms with E-state index in [-0.39, 0.29) is 23.6 Å². The van der Waals surface area contributed by atoms with Crippen molar-refractivity contribution in [3.05, 3.63) is 116 Å². The number of benzene rings is 3. The molecule has 0 aliphatic rings. The van der Waals surface area contributed by atoms with Crippen LogP contribution in [0.3, 0.4) is 0 Å². The summed E-state index contributed by atoms with van der Waals surface area (Å²) >= 11 is 13.9. The summed E-state index contributed by atoms with van der Waals surface area (Å²) in [6.45, 7) is 2.15. The number of carbonyl (C=O) groups is 2. The molecule has 1 N–H and O–H groups in total. The second kappa shape index (κ2) is 11.1. The maximum Gasteiger partial charge on any atom is 0.326 e. The summed E-state index contributed by atoms with van der Waals surface area (Å²) < 4.78 is 0. The number of aliphatic carboxylic acids is 1. The first-order valence-electron chi connectivity index (χ1n) is 11.0.